The molecule has 0 saturated carbocycles. The molecule has 1 aromatic carbocycles. The van der Waals surface area contributed by atoms with Gasteiger partial charge in [0.25, 0.3) is 5.56 Å². The molecule has 1 unspecified atom stereocenters. The van der Waals surface area contributed by atoms with E-state index in [0.29, 0.717) is 42.4 Å². The van der Waals surface area contributed by atoms with Crippen LogP contribution in [0.5, 0.6) is 11.5 Å². The third-order valence-electron chi connectivity index (χ3n) is 6.15. The van der Waals surface area contributed by atoms with Gasteiger partial charge in [0.15, 0.2) is 0 Å². The van der Waals surface area contributed by atoms with Gasteiger partial charge in [-0.15, -0.1) is 0 Å². The highest BCUT2D eigenvalue weighted by Gasteiger charge is 2.38. The van der Waals surface area contributed by atoms with Gasteiger partial charge < -0.3 is 29.2 Å². The third kappa shape index (κ3) is 4.46. The molecule has 2 aliphatic heterocycles. The standard InChI is InChI=1S/C24H29N3O6/c1-15-13-18-20(23(28)27(15)8-7-26-9-11-32-12-10-26)19(16-5-4-6-17(14-16)30-2)21(22(25)33-18)24(29)31-3/h4-6,13-14,19H,7-12,25H2,1-3H3. The molecule has 4 rings (SSSR count). The van der Waals surface area contributed by atoms with Crippen molar-refractivity contribution in [3.63, 3.8) is 0 Å². The summed E-state index contributed by atoms with van der Waals surface area (Å²) in [5.74, 6) is -0.530. The highest BCUT2D eigenvalue weighted by atomic mass is 16.5. The maximum Gasteiger partial charge on any atom is 0.340 e. The zero-order valence-corrected chi connectivity index (χ0v) is 19.1. The van der Waals surface area contributed by atoms with Crippen molar-refractivity contribution in [3.05, 3.63) is 69.0 Å². The van der Waals surface area contributed by atoms with Gasteiger partial charge in [0.2, 0.25) is 5.88 Å². The second kappa shape index (κ2) is 9.68. The number of aryl methyl sites for hydroxylation is 1. The number of fused-ring (bicyclic) bond motifs is 1. The van der Waals surface area contributed by atoms with E-state index in [-0.39, 0.29) is 17.0 Å². The quantitative estimate of drug-likeness (QED) is 0.651. The molecular formula is C24H29N3O6. The summed E-state index contributed by atoms with van der Waals surface area (Å²) in [5, 5.41) is 0. The minimum absolute atomic E-state index is 0.0768. The lowest BCUT2D eigenvalue weighted by Gasteiger charge is -2.30. The molecule has 0 radical (unpaired) electrons. The van der Waals surface area contributed by atoms with E-state index >= 15 is 0 Å². The van der Waals surface area contributed by atoms with Gasteiger partial charge in [0.05, 0.1) is 38.9 Å². The Hall–Kier alpha value is -3.30. The molecule has 3 heterocycles. The van der Waals surface area contributed by atoms with E-state index in [2.05, 4.69) is 4.90 Å². The van der Waals surface area contributed by atoms with Gasteiger partial charge in [-0.05, 0) is 24.6 Å². The van der Waals surface area contributed by atoms with Crippen LogP contribution in [0, 0.1) is 6.92 Å². The van der Waals surface area contributed by atoms with Gasteiger partial charge in [-0.2, -0.15) is 0 Å². The molecule has 1 saturated heterocycles. The summed E-state index contributed by atoms with van der Waals surface area (Å²) in [5.41, 5.74) is 7.83. The zero-order valence-electron chi connectivity index (χ0n) is 19.1. The summed E-state index contributed by atoms with van der Waals surface area (Å²) in [7, 11) is 2.83. The molecule has 0 aliphatic carbocycles. The molecule has 176 valence electrons. The number of pyridine rings is 1. The molecule has 0 spiro atoms. The molecule has 1 fully saturated rings. The minimum Gasteiger partial charge on any atom is -0.497 e. The average molecular weight is 456 g/mol. The first-order valence-electron chi connectivity index (χ1n) is 10.9. The third-order valence-corrected chi connectivity index (χ3v) is 6.15. The first-order valence-corrected chi connectivity index (χ1v) is 10.9. The normalized spacial score (nSPS) is 18.5. The van der Waals surface area contributed by atoms with E-state index in [1.54, 1.807) is 35.9 Å². The minimum atomic E-state index is -0.751. The first kappa shape index (κ1) is 22.9. The van der Waals surface area contributed by atoms with Crippen LogP contribution in [0.4, 0.5) is 0 Å². The predicted molar refractivity (Wildman–Crippen MR) is 121 cm³/mol. The molecule has 2 N–H and O–H groups in total. The van der Waals surface area contributed by atoms with Crippen molar-refractivity contribution in [1.82, 2.24) is 9.47 Å². The summed E-state index contributed by atoms with van der Waals surface area (Å²) in [4.78, 5) is 28.8. The van der Waals surface area contributed by atoms with Gasteiger partial charge in [-0.3, -0.25) is 9.69 Å². The van der Waals surface area contributed by atoms with Gasteiger partial charge in [-0.1, -0.05) is 12.1 Å². The molecule has 0 bridgehead atoms. The highest BCUT2D eigenvalue weighted by molar-refractivity contribution is 5.92. The average Bonchev–Trinajstić information content (AvgIpc) is 2.83. The molecular weight excluding hydrogens is 426 g/mol. The molecule has 2 aromatic rings. The number of nitrogens with zero attached hydrogens (tertiary/aromatic N) is 2. The van der Waals surface area contributed by atoms with Crippen LogP contribution in [0.1, 0.15) is 22.7 Å². The highest BCUT2D eigenvalue weighted by Crippen LogP contribution is 2.41. The Bertz CT molecular complexity index is 1130. The van der Waals surface area contributed by atoms with E-state index < -0.39 is 11.9 Å². The van der Waals surface area contributed by atoms with Gasteiger partial charge in [0, 0.05) is 37.9 Å². The second-order valence-electron chi connectivity index (χ2n) is 8.06. The van der Waals surface area contributed by atoms with Crippen LogP contribution in [0.3, 0.4) is 0 Å². The smallest absolute Gasteiger partial charge is 0.340 e. The topological polar surface area (TPSA) is 105 Å². The number of hydrogen-bond acceptors (Lipinski definition) is 8. The van der Waals surface area contributed by atoms with Gasteiger partial charge in [0.1, 0.15) is 17.1 Å². The fourth-order valence-corrected chi connectivity index (χ4v) is 4.39. The first-order chi connectivity index (χ1) is 15.9. The second-order valence-corrected chi connectivity index (χ2v) is 8.06. The number of rotatable bonds is 6. The number of ether oxygens (including phenoxy) is 4. The maximum absolute atomic E-state index is 13.8. The number of morpholine rings is 1. The summed E-state index contributed by atoms with van der Waals surface area (Å²) < 4.78 is 23.3. The van der Waals surface area contributed by atoms with Gasteiger partial charge in [-0.25, -0.2) is 4.79 Å². The van der Waals surface area contributed by atoms with Crippen LogP contribution < -0.4 is 20.8 Å². The fraction of sp³-hybridized carbons (Fsp3) is 0.417. The number of benzene rings is 1. The van der Waals surface area contributed by atoms with Crippen LogP contribution in [-0.4, -0.2) is 62.5 Å². The molecule has 1 atom stereocenters. The Balaban J connectivity index is 1.82. The number of hydrogen-bond donors (Lipinski definition) is 1. The molecule has 1 aromatic heterocycles. The molecule has 2 aliphatic rings. The summed E-state index contributed by atoms with van der Waals surface area (Å²) in [6, 6.07) is 9.01. The van der Waals surface area contributed by atoms with Gasteiger partial charge >= 0.3 is 5.97 Å². The van der Waals surface area contributed by atoms with Crippen molar-refractivity contribution >= 4 is 5.97 Å². The number of methoxy groups -OCH3 is 2. The maximum atomic E-state index is 13.8. The summed E-state index contributed by atoms with van der Waals surface area (Å²) in [6.45, 7) is 6.14. The molecule has 0 amide bonds. The van der Waals surface area contributed by atoms with Crippen molar-refractivity contribution in [3.8, 4) is 11.5 Å². The monoisotopic (exact) mass is 455 g/mol. The van der Waals surface area contributed by atoms with E-state index in [0.717, 1.165) is 25.3 Å². The van der Waals surface area contributed by atoms with E-state index in [9.17, 15) is 9.59 Å². The lowest BCUT2D eigenvalue weighted by Crippen LogP contribution is -2.40. The Morgan fingerprint density at radius 3 is 2.64 bits per heavy atom. The van der Waals surface area contributed by atoms with Crippen molar-refractivity contribution in [2.45, 2.75) is 19.4 Å². The Kier molecular flexibility index (Phi) is 6.71. The lowest BCUT2D eigenvalue weighted by atomic mass is 9.83. The van der Waals surface area contributed by atoms with E-state index in [1.165, 1.54) is 7.11 Å². The van der Waals surface area contributed by atoms with Crippen LogP contribution in [0.2, 0.25) is 0 Å². The van der Waals surface area contributed by atoms with Crippen LogP contribution in [0.15, 0.2) is 46.6 Å². The Morgan fingerprint density at radius 2 is 1.94 bits per heavy atom. The SMILES string of the molecule is COC(=O)C1=C(N)Oc2cc(C)n(CCN3CCOCC3)c(=O)c2C1c1cccc(OC)c1. The number of esters is 1. The molecule has 9 heteroatoms. The largest absolute Gasteiger partial charge is 0.497 e. The fourth-order valence-electron chi connectivity index (χ4n) is 4.39. The van der Waals surface area contributed by atoms with Crippen LogP contribution in [-0.2, 0) is 20.8 Å². The Labute approximate surface area is 192 Å². The number of carbonyl (C=O) groups excluding carboxylic acids is 1. The van der Waals surface area contributed by atoms with E-state index in [4.69, 9.17) is 24.7 Å². The van der Waals surface area contributed by atoms with Crippen molar-refractivity contribution < 1.29 is 23.7 Å². The van der Waals surface area contributed by atoms with Crippen LogP contribution >= 0.6 is 0 Å². The summed E-state index contributed by atoms with van der Waals surface area (Å²) >= 11 is 0. The van der Waals surface area contributed by atoms with Crippen molar-refractivity contribution in [1.29, 1.82) is 0 Å². The van der Waals surface area contributed by atoms with Crippen molar-refractivity contribution in [2.75, 3.05) is 47.1 Å². The lowest BCUT2D eigenvalue weighted by molar-refractivity contribution is -0.136. The summed E-state index contributed by atoms with van der Waals surface area (Å²) in [6.07, 6.45) is 0. The van der Waals surface area contributed by atoms with Crippen molar-refractivity contribution in [2.24, 2.45) is 5.73 Å². The zero-order chi connectivity index (χ0) is 23.5. The molecule has 33 heavy (non-hydrogen) atoms. The number of carbonyl (C=O) groups is 1. The van der Waals surface area contributed by atoms with E-state index in [1.807, 2.05) is 13.0 Å². The Morgan fingerprint density at radius 1 is 1.18 bits per heavy atom. The predicted octanol–water partition coefficient (Wildman–Crippen LogP) is 1.37. The van der Waals surface area contributed by atoms with Crippen LogP contribution in [0.25, 0.3) is 0 Å². The number of aromatic nitrogens is 1. The molecule has 9 nitrogen and oxygen atoms in total. The number of nitrogens with two attached hydrogens (primary N) is 1.